The average molecular weight is 249 g/mol. The molecule has 0 spiro atoms. The second kappa shape index (κ2) is 5.98. The summed E-state index contributed by atoms with van der Waals surface area (Å²) < 4.78 is 5.37. The fraction of sp³-hybridized carbons (Fsp3) is 0.500. The number of ether oxygens (including phenoxy) is 1. The Morgan fingerprint density at radius 2 is 2.17 bits per heavy atom. The van der Waals surface area contributed by atoms with E-state index in [0.717, 1.165) is 5.56 Å². The van der Waals surface area contributed by atoms with E-state index in [4.69, 9.17) is 4.74 Å². The van der Waals surface area contributed by atoms with Crippen LogP contribution in [0.3, 0.4) is 0 Å². The SMILES string of the molecule is C[C@H](N[C@H]1COCC[C@@H]1C(=O)O)c1ccccc1. The Kier molecular flexibility index (Phi) is 4.33. The van der Waals surface area contributed by atoms with Crippen LogP contribution in [0.15, 0.2) is 30.3 Å². The second-order valence-electron chi connectivity index (χ2n) is 4.71. The van der Waals surface area contributed by atoms with Crippen molar-refractivity contribution < 1.29 is 14.6 Å². The van der Waals surface area contributed by atoms with Crippen molar-refractivity contribution in [3.63, 3.8) is 0 Å². The number of rotatable bonds is 4. The van der Waals surface area contributed by atoms with Crippen molar-refractivity contribution in [2.45, 2.75) is 25.4 Å². The summed E-state index contributed by atoms with van der Waals surface area (Å²) in [5.41, 5.74) is 1.16. The zero-order chi connectivity index (χ0) is 13.0. The van der Waals surface area contributed by atoms with E-state index in [1.807, 2.05) is 37.3 Å². The predicted molar refractivity (Wildman–Crippen MR) is 68.3 cm³/mol. The number of carboxylic acid groups (broad SMARTS) is 1. The summed E-state index contributed by atoms with van der Waals surface area (Å²) in [6, 6.07) is 10.0. The van der Waals surface area contributed by atoms with E-state index in [1.54, 1.807) is 0 Å². The van der Waals surface area contributed by atoms with Gasteiger partial charge in [0.15, 0.2) is 0 Å². The van der Waals surface area contributed by atoms with Crippen LogP contribution in [-0.4, -0.2) is 30.3 Å². The monoisotopic (exact) mass is 249 g/mol. The van der Waals surface area contributed by atoms with Gasteiger partial charge in [0.25, 0.3) is 0 Å². The van der Waals surface area contributed by atoms with Gasteiger partial charge in [0, 0.05) is 18.7 Å². The molecule has 0 bridgehead atoms. The van der Waals surface area contributed by atoms with Crippen molar-refractivity contribution in [1.82, 2.24) is 5.32 Å². The molecule has 1 aliphatic rings. The Labute approximate surface area is 107 Å². The minimum Gasteiger partial charge on any atom is -0.481 e. The molecule has 1 aliphatic heterocycles. The largest absolute Gasteiger partial charge is 0.481 e. The quantitative estimate of drug-likeness (QED) is 0.854. The van der Waals surface area contributed by atoms with E-state index in [-0.39, 0.29) is 18.0 Å². The molecule has 2 rings (SSSR count). The fourth-order valence-corrected chi connectivity index (χ4v) is 2.36. The number of carbonyl (C=O) groups is 1. The Bertz CT molecular complexity index is 393. The van der Waals surface area contributed by atoms with Gasteiger partial charge < -0.3 is 15.2 Å². The molecule has 4 nitrogen and oxygen atoms in total. The summed E-state index contributed by atoms with van der Waals surface area (Å²) in [6.45, 7) is 3.05. The van der Waals surface area contributed by atoms with E-state index < -0.39 is 5.97 Å². The summed E-state index contributed by atoms with van der Waals surface area (Å²) in [4.78, 5) is 11.2. The Morgan fingerprint density at radius 3 is 2.83 bits per heavy atom. The van der Waals surface area contributed by atoms with Crippen LogP contribution in [0, 0.1) is 5.92 Å². The minimum atomic E-state index is -0.740. The molecule has 3 atom stereocenters. The lowest BCUT2D eigenvalue weighted by Gasteiger charge is -2.32. The Hall–Kier alpha value is -1.39. The lowest BCUT2D eigenvalue weighted by molar-refractivity contribution is -0.146. The number of hydrogen-bond acceptors (Lipinski definition) is 3. The highest BCUT2D eigenvalue weighted by atomic mass is 16.5. The number of carboxylic acids is 1. The third-order valence-electron chi connectivity index (χ3n) is 3.44. The van der Waals surface area contributed by atoms with Crippen LogP contribution >= 0.6 is 0 Å². The molecule has 1 fully saturated rings. The first-order chi connectivity index (χ1) is 8.68. The molecule has 1 saturated heterocycles. The number of nitrogens with one attached hydrogen (secondary N) is 1. The van der Waals surface area contributed by atoms with Gasteiger partial charge in [-0.3, -0.25) is 4.79 Å². The molecule has 1 aromatic carbocycles. The standard InChI is InChI=1S/C14H19NO3/c1-10(11-5-3-2-4-6-11)15-13-9-18-8-7-12(13)14(16)17/h2-6,10,12-13,15H,7-9H2,1H3,(H,16,17)/t10-,12-,13-/m0/s1. The number of benzene rings is 1. The van der Waals surface area contributed by atoms with Gasteiger partial charge in [0.2, 0.25) is 0 Å². The van der Waals surface area contributed by atoms with E-state index in [9.17, 15) is 9.90 Å². The molecule has 98 valence electrons. The van der Waals surface area contributed by atoms with Gasteiger partial charge in [-0.15, -0.1) is 0 Å². The molecule has 0 amide bonds. The maximum absolute atomic E-state index is 11.2. The molecule has 4 heteroatoms. The molecule has 1 aromatic rings. The summed E-state index contributed by atoms with van der Waals surface area (Å²) in [5.74, 6) is -1.10. The second-order valence-corrected chi connectivity index (χ2v) is 4.71. The third kappa shape index (κ3) is 3.09. The summed E-state index contributed by atoms with van der Waals surface area (Å²) in [7, 11) is 0. The van der Waals surface area contributed by atoms with Crippen LogP contribution in [0.2, 0.25) is 0 Å². The van der Waals surface area contributed by atoms with Crippen LogP contribution in [0.25, 0.3) is 0 Å². The van der Waals surface area contributed by atoms with Crippen LogP contribution < -0.4 is 5.32 Å². The molecule has 0 saturated carbocycles. The van der Waals surface area contributed by atoms with Gasteiger partial charge in [-0.1, -0.05) is 30.3 Å². The zero-order valence-electron chi connectivity index (χ0n) is 10.5. The fourth-order valence-electron chi connectivity index (χ4n) is 2.36. The maximum Gasteiger partial charge on any atom is 0.308 e. The molecular formula is C14H19NO3. The highest BCUT2D eigenvalue weighted by Crippen LogP contribution is 2.20. The van der Waals surface area contributed by atoms with Gasteiger partial charge in [0.1, 0.15) is 0 Å². The number of hydrogen-bond donors (Lipinski definition) is 2. The van der Waals surface area contributed by atoms with Gasteiger partial charge in [-0.2, -0.15) is 0 Å². The van der Waals surface area contributed by atoms with Crippen molar-refractivity contribution in [2.24, 2.45) is 5.92 Å². The molecule has 2 N–H and O–H groups in total. The molecule has 18 heavy (non-hydrogen) atoms. The van der Waals surface area contributed by atoms with Crippen LogP contribution in [-0.2, 0) is 9.53 Å². The minimum absolute atomic E-state index is 0.119. The number of aliphatic carboxylic acids is 1. The molecule has 1 heterocycles. The van der Waals surface area contributed by atoms with Crippen molar-refractivity contribution >= 4 is 5.97 Å². The third-order valence-corrected chi connectivity index (χ3v) is 3.44. The van der Waals surface area contributed by atoms with Gasteiger partial charge >= 0.3 is 5.97 Å². The van der Waals surface area contributed by atoms with Crippen molar-refractivity contribution in [2.75, 3.05) is 13.2 Å². The predicted octanol–water partition coefficient (Wildman–Crippen LogP) is 1.83. The van der Waals surface area contributed by atoms with E-state index in [1.165, 1.54) is 0 Å². The molecule has 0 unspecified atom stereocenters. The van der Waals surface area contributed by atoms with Crippen LogP contribution in [0.5, 0.6) is 0 Å². The van der Waals surface area contributed by atoms with Crippen molar-refractivity contribution in [1.29, 1.82) is 0 Å². The smallest absolute Gasteiger partial charge is 0.308 e. The molecule has 0 aliphatic carbocycles. The van der Waals surface area contributed by atoms with Gasteiger partial charge in [-0.05, 0) is 18.9 Å². The average Bonchev–Trinajstić information content (AvgIpc) is 2.40. The normalized spacial score (nSPS) is 25.6. The summed E-state index contributed by atoms with van der Waals surface area (Å²) >= 11 is 0. The van der Waals surface area contributed by atoms with Crippen LogP contribution in [0.1, 0.15) is 24.9 Å². The van der Waals surface area contributed by atoms with Crippen molar-refractivity contribution in [3.8, 4) is 0 Å². The highest BCUT2D eigenvalue weighted by molar-refractivity contribution is 5.71. The first kappa shape index (κ1) is 13.1. The molecular weight excluding hydrogens is 230 g/mol. The first-order valence-electron chi connectivity index (χ1n) is 6.30. The van der Waals surface area contributed by atoms with E-state index in [2.05, 4.69) is 5.32 Å². The Balaban J connectivity index is 2.01. The summed E-state index contributed by atoms with van der Waals surface area (Å²) in [5, 5.41) is 12.6. The van der Waals surface area contributed by atoms with Crippen molar-refractivity contribution in [3.05, 3.63) is 35.9 Å². The lowest BCUT2D eigenvalue weighted by Crippen LogP contribution is -2.47. The van der Waals surface area contributed by atoms with E-state index >= 15 is 0 Å². The Morgan fingerprint density at radius 1 is 1.44 bits per heavy atom. The summed E-state index contributed by atoms with van der Waals surface area (Å²) in [6.07, 6.45) is 0.578. The highest BCUT2D eigenvalue weighted by Gasteiger charge is 2.32. The topological polar surface area (TPSA) is 58.6 Å². The maximum atomic E-state index is 11.2. The van der Waals surface area contributed by atoms with Crippen LogP contribution in [0.4, 0.5) is 0 Å². The van der Waals surface area contributed by atoms with Gasteiger partial charge in [0.05, 0.1) is 12.5 Å². The van der Waals surface area contributed by atoms with E-state index in [0.29, 0.717) is 19.6 Å². The lowest BCUT2D eigenvalue weighted by atomic mass is 9.93. The molecule has 0 radical (unpaired) electrons. The molecule has 0 aromatic heterocycles. The van der Waals surface area contributed by atoms with Gasteiger partial charge in [-0.25, -0.2) is 0 Å². The zero-order valence-corrected chi connectivity index (χ0v) is 10.5. The first-order valence-corrected chi connectivity index (χ1v) is 6.30.